The van der Waals surface area contributed by atoms with Gasteiger partial charge in [0.05, 0.1) is 11.5 Å². The Kier molecular flexibility index (Phi) is 8.47. The van der Waals surface area contributed by atoms with E-state index in [1.807, 2.05) is 17.9 Å². The molecule has 2 aliphatic rings. The summed E-state index contributed by atoms with van der Waals surface area (Å²) in [6, 6.07) is 5.66. The minimum absolute atomic E-state index is 0. The topological polar surface area (TPSA) is 40.5 Å². The van der Waals surface area contributed by atoms with Crippen LogP contribution >= 0.6 is 0 Å². The number of likely N-dealkylation sites (tertiary alicyclic amines) is 1. The molecule has 1 aliphatic carbocycles. The van der Waals surface area contributed by atoms with E-state index in [1.165, 1.54) is 0 Å². The first-order chi connectivity index (χ1) is 11.9. The Bertz CT molecular complexity index is 633. The molecule has 1 saturated heterocycles. The predicted molar refractivity (Wildman–Crippen MR) is 110 cm³/mol. The second-order valence-corrected chi connectivity index (χ2v) is 8.20. The fraction of sp³-hybridized carbons (Fsp3) is 0.696. The first-order valence-corrected chi connectivity index (χ1v) is 9.64. The maximum Gasteiger partial charge on any atom is 0.229 e. The van der Waals surface area contributed by atoms with Gasteiger partial charge >= 0.3 is 0 Å². The fourth-order valence-corrected chi connectivity index (χ4v) is 4.44. The summed E-state index contributed by atoms with van der Waals surface area (Å²) < 4.78 is 14.4. The van der Waals surface area contributed by atoms with Crippen molar-refractivity contribution in [2.75, 3.05) is 6.54 Å². The zero-order valence-corrected chi connectivity index (χ0v) is 15.4. The number of nitrogens with zero attached hydrogens (tertiary/aromatic N) is 1. The Hall–Kier alpha value is -1.42. The zero-order valence-electron chi connectivity index (χ0n) is 15.4. The number of carbonyl (C=O) groups excluding carboxylic acids is 1. The van der Waals surface area contributed by atoms with Gasteiger partial charge in [0.1, 0.15) is 5.82 Å². The summed E-state index contributed by atoms with van der Waals surface area (Å²) in [4.78, 5) is 15.2. The molecule has 3 nitrogen and oxygen atoms in total. The molecule has 4 heteroatoms. The van der Waals surface area contributed by atoms with Crippen LogP contribution in [0.25, 0.3) is 0 Å². The first-order valence-electron chi connectivity index (χ1n) is 9.64. The van der Waals surface area contributed by atoms with Gasteiger partial charge in [0.2, 0.25) is 5.91 Å². The van der Waals surface area contributed by atoms with Crippen molar-refractivity contribution in [1.29, 1.82) is 0 Å². The molecule has 154 valence electrons. The van der Waals surface area contributed by atoms with E-state index in [-0.39, 0.29) is 38.7 Å². The van der Waals surface area contributed by atoms with Crippen molar-refractivity contribution >= 4 is 5.91 Å². The van der Waals surface area contributed by atoms with Crippen LogP contribution in [0.3, 0.4) is 0 Å². The zero-order chi connectivity index (χ0) is 18.0. The molecule has 27 heavy (non-hydrogen) atoms. The van der Waals surface area contributed by atoms with E-state index in [4.69, 9.17) is 0 Å². The lowest BCUT2D eigenvalue weighted by molar-refractivity contribution is -0.137. The van der Waals surface area contributed by atoms with Crippen LogP contribution in [0.1, 0.15) is 77.8 Å². The molecule has 3 unspecified atom stereocenters. The number of aliphatic hydroxyl groups excluding tert-OH is 1. The van der Waals surface area contributed by atoms with E-state index < -0.39 is 5.41 Å². The molecule has 0 aromatic heterocycles. The summed E-state index contributed by atoms with van der Waals surface area (Å²) >= 11 is 0. The van der Waals surface area contributed by atoms with Crippen LogP contribution in [-0.4, -0.2) is 34.6 Å². The molecule has 1 amide bonds. The molecule has 0 spiro atoms. The Morgan fingerprint density at radius 3 is 2.63 bits per heavy atom. The van der Waals surface area contributed by atoms with Gasteiger partial charge in [-0.25, -0.2) is 4.39 Å². The van der Waals surface area contributed by atoms with Crippen LogP contribution in [0, 0.1) is 18.2 Å². The average Bonchev–Trinajstić information content (AvgIpc) is 2.85. The molecule has 1 saturated carbocycles. The van der Waals surface area contributed by atoms with Crippen molar-refractivity contribution in [3.8, 4) is 0 Å². The minimum atomic E-state index is -0.518. The summed E-state index contributed by atoms with van der Waals surface area (Å²) in [7, 11) is 0. The number of hydrogen-bond acceptors (Lipinski definition) is 2. The maximum atomic E-state index is 14.4. The van der Waals surface area contributed by atoms with Gasteiger partial charge in [-0.05, 0) is 56.6 Å². The summed E-state index contributed by atoms with van der Waals surface area (Å²) in [6.07, 6.45) is 6.66. The van der Waals surface area contributed by atoms with E-state index in [9.17, 15) is 14.3 Å². The number of halogens is 1. The average molecular weight is 380 g/mol. The lowest BCUT2D eigenvalue weighted by Crippen LogP contribution is -2.41. The van der Waals surface area contributed by atoms with Crippen LogP contribution in [0.5, 0.6) is 0 Å². The van der Waals surface area contributed by atoms with Crippen molar-refractivity contribution in [2.24, 2.45) is 5.41 Å². The summed E-state index contributed by atoms with van der Waals surface area (Å²) in [5, 5.41) is 9.95. The third-order valence-electron chi connectivity index (χ3n) is 6.13. The Labute approximate surface area is 165 Å². The molecule has 1 aromatic rings. The molecule has 1 N–H and O–H groups in total. The molecular formula is C23H38FNO2. The molecule has 1 aromatic carbocycles. The Morgan fingerprint density at radius 2 is 1.89 bits per heavy atom. The van der Waals surface area contributed by atoms with Gasteiger partial charge in [0, 0.05) is 12.6 Å². The van der Waals surface area contributed by atoms with Crippen molar-refractivity contribution in [3.05, 3.63) is 35.1 Å². The Morgan fingerprint density at radius 1 is 1.19 bits per heavy atom. The second kappa shape index (κ2) is 9.68. The van der Waals surface area contributed by atoms with Gasteiger partial charge in [-0.1, -0.05) is 52.8 Å². The van der Waals surface area contributed by atoms with E-state index in [0.29, 0.717) is 17.5 Å². The molecule has 3 rings (SSSR count). The van der Waals surface area contributed by atoms with Gasteiger partial charge in [-0.3, -0.25) is 4.79 Å². The highest BCUT2D eigenvalue weighted by Gasteiger charge is 2.45. The number of carbonyl (C=O) groups is 1. The smallest absolute Gasteiger partial charge is 0.229 e. The summed E-state index contributed by atoms with van der Waals surface area (Å²) in [6.45, 7) is 4.50. The molecule has 2 fully saturated rings. The standard InChI is InChI=1S/C21H30FNO2.2CH4/c1-15-6-5-7-16(19(15)22)14-21(2)12-13-23(20(21)25)17-8-3-4-9-18(24)11-10-17;;/h5-7,17-18,24H,3-4,8-14H2,1-2H3;2*1H4. The highest BCUT2D eigenvalue weighted by Crippen LogP contribution is 2.38. The van der Waals surface area contributed by atoms with Crippen molar-refractivity contribution in [2.45, 2.75) is 92.2 Å². The quantitative estimate of drug-likeness (QED) is 0.777. The third-order valence-corrected chi connectivity index (χ3v) is 6.13. The van der Waals surface area contributed by atoms with Crippen molar-refractivity contribution in [3.63, 3.8) is 0 Å². The van der Waals surface area contributed by atoms with Gasteiger partial charge in [-0.2, -0.15) is 0 Å². The molecule has 1 aliphatic heterocycles. The number of benzene rings is 1. The predicted octanol–water partition coefficient (Wildman–Crippen LogP) is 5.27. The van der Waals surface area contributed by atoms with Crippen molar-refractivity contribution < 1.29 is 14.3 Å². The largest absolute Gasteiger partial charge is 0.393 e. The third kappa shape index (κ3) is 5.10. The van der Waals surface area contributed by atoms with Crippen molar-refractivity contribution in [1.82, 2.24) is 4.90 Å². The van der Waals surface area contributed by atoms with E-state index >= 15 is 0 Å². The normalized spacial score (nSPS) is 28.7. The molecule has 3 atom stereocenters. The van der Waals surface area contributed by atoms with Gasteiger partial charge in [0.15, 0.2) is 0 Å². The summed E-state index contributed by atoms with van der Waals surface area (Å²) in [5.41, 5.74) is 0.762. The molecule has 1 heterocycles. The highest BCUT2D eigenvalue weighted by molar-refractivity contribution is 5.85. The lowest BCUT2D eigenvalue weighted by Gasteiger charge is -2.32. The lowest BCUT2D eigenvalue weighted by atomic mass is 9.81. The first kappa shape index (κ1) is 23.6. The van der Waals surface area contributed by atoms with E-state index in [0.717, 1.165) is 51.5 Å². The van der Waals surface area contributed by atoms with Crippen LogP contribution in [0.4, 0.5) is 4.39 Å². The fourth-order valence-electron chi connectivity index (χ4n) is 4.44. The maximum absolute atomic E-state index is 14.4. The monoisotopic (exact) mass is 379 g/mol. The van der Waals surface area contributed by atoms with E-state index in [1.54, 1.807) is 19.1 Å². The second-order valence-electron chi connectivity index (χ2n) is 8.20. The number of aryl methyl sites for hydroxylation is 1. The minimum Gasteiger partial charge on any atom is -0.393 e. The molecule has 0 bridgehead atoms. The van der Waals surface area contributed by atoms with Crippen LogP contribution in [-0.2, 0) is 11.2 Å². The highest BCUT2D eigenvalue weighted by atomic mass is 19.1. The SMILES string of the molecule is C.C.Cc1cccc(CC2(C)CCN(C3CCCCC(O)CC3)C2=O)c1F. The van der Waals surface area contributed by atoms with Crippen LogP contribution < -0.4 is 0 Å². The van der Waals surface area contributed by atoms with E-state index in [2.05, 4.69) is 0 Å². The van der Waals surface area contributed by atoms with Crippen LogP contribution in [0.15, 0.2) is 18.2 Å². The van der Waals surface area contributed by atoms with Gasteiger partial charge < -0.3 is 10.0 Å². The molecular weight excluding hydrogens is 341 g/mol. The molecule has 0 radical (unpaired) electrons. The number of amides is 1. The number of rotatable bonds is 3. The van der Waals surface area contributed by atoms with Crippen LogP contribution in [0.2, 0.25) is 0 Å². The van der Waals surface area contributed by atoms with Gasteiger partial charge in [0.25, 0.3) is 0 Å². The number of aliphatic hydroxyl groups is 1. The number of hydrogen-bond donors (Lipinski definition) is 1. The summed E-state index contributed by atoms with van der Waals surface area (Å²) in [5.74, 6) is -0.0162. The Balaban J connectivity index is 0.00000182. The van der Waals surface area contributed by atoms with Gasteiger partial charge in [-0.15, -0.1) is 0 Å².